The minimum absolute atomic E-state index is 0.728. The summed E-state index contributed by atoms with van der Waals surface area (Å²) >= 11 is 0. The van der Waals surface area contributed by atoms with Crippen LogP contribution in [0, 0.1) is 11.8 Å². The van der Waals surface area contributed by atoms with Crippen molar-refractivity contribution in [2.24, 2.45) is 11.8 Å². The van der Waals surface area contributed by atoms with Crippen LogP contribution in [-0.4, -0.2) is 12.6 Å². The summed E-state index contributed by atoms with van der Waals surface area (Å²) in [5.74, 6) is 1.95. The Kier molecular flexibility index (Phi) is 7.11. The zero-order chi connectivity index (χ0) is 11.8. The molecule has 1 unspecified atom stereocenters. The maximum absolute atomic E-state index is 3.73. The fourth-order valence-electron chi connectivity index (χ4n) is 2.70. The number of hydrogen-bond acceptors (Lipinski definition) is 1. The van der Waals surface area contributed by atoms with Crippen LogP contribution in [0.3, 0.4) is 0 Å². The van der Waals surface area contributed by atoms with Crippen LogP contribution in [0.5, 0.6) is 0 Å². The van der Waals surface area contributed by atoms with Gasteiger partial charge in [0.2, 0.25) is 0 Å². The van der Waals surface area contributed by atoms with E-state index in [2.05, 4.69) is 26.1 Å². The van der Waals surface area contributed by atoms with Crippen molar-refractivity contribution in [1.82, 2.24) is 5.32 Å². The molecule has 0 bridgehead atoms. The zero-order valence-corrected chi connectivity index (χ0v) is 11.6. The Morgan fingerprint density at radius 3 is 2.44 bits per heavy atom. The summed E-state index contributed by atoms with van der Waals surface area (Å²) in [4.78, 5) is 0. The number of nitrogens with one attached hydrogen (secondary N) is 1. The van der Waals surface area contributed by atoms with E-state index in [4.69, 9.17) is 0 Å². The molecule has 0 aromatic rings. The summed E-state index contributed by atoms with van der Waals surface area (Å²) in [6.07, 6.45) is 11.3. The van der Waals surface area contributed by atoms with E-state index < -0.39 is 0 Å². The Morgan fingerprint density at radius 1 is 1.12 bits per heavy atom. The average Bonchev–Trinajstić information content (AvgIpc) is 2.29. The highest BCUT2D eigenvalue weighted by Gasteiger charge is 2.18. The predicted octanol–water partition coefficient (Wildman–Crippen LogP) is 4.37. The van der Waals surface area contributed by atoms with Gasteiger partial charge in [0.05, 0.1) is 0 Å². The maximum Gasteiger partial charge on any atom is 0.00388 e. The van der Waals surface area contributed by atoms with Gasteiger partial charge in [0, 0.05) is 6.04 Å². The monoisotopic (exact) mass is 225 g/mol. The Balaban J connectivity index is 2.00. The Hall–Kier alpha value is -0.0400. The molecule has 96 valence electrons. The van der Waals surface area contributed by atoms with Crippen molar-refractivity contribution in [3.05, 3.63) is 0 Å². The Morgan fingerprint density at radius 2 is 1.81 bits per heavy atom. The number of hydrogen-bond donors (Lipinski definition) is 1. The first-order valence-corrected chi connectivity index (χ1v) is 7.45. The van der Waals surface area contributed by atoms with Gasteiger partial charge in [-0.2, -0.15) is 0 Å². The van der Waals surface area contributed by atoms with E-state index in [1.54, 1.807) is 0 Å². The third-order valence-corrected chi connectivity index (χ3v) is 4.13. The Bertz CT molecular complexity index is 159. The molecule has 0 spiro atoms. The van der Waals surface area contributed by atoms with E-state index >= 15 is 0 Å². The lowest BCUT2D eigenvalue weighted by Crippen LogP contribution is -2.32. The van der Waals surface area contributed by atoms with Crippen LogP contribution in [0.15, 0.2) is 0 Å². The van der Waals surface area contributed by atoms with Gasteiger partial charge >= 0.3 is 0 Å². The second kappa shape index (κ2) is 8.11. The van der Waals surface area contributed by atoms with Crippen molar-refractivity contribution in [1.29, 1.82) is 0 Å². The molecule has 1 atom stereocenters. The minimum atomic E-state index is 0.728. The summed E-state index contributed by atoms with van der Waals surface area (Å²) in [7, 11) is 0. The van der Waals surface area contributed by atoms with Crippen LogP contribution >= 0.6 is 0 Å². The van der Waals surface area contributed by atoms with E-state index in [1.165, 1.54) is 57.9 Å². The molecular formula is C15H31N. The van der Waals surface area contributed by atoms with Gasteiger partial charge in [0.15, 0.2) is 0 Å². The summed E-state index contributed by atoms with van der Waals surface area (Å²) in [5.41, 5.74) is 0. The average molecular weight is 225 g/mol. The molecule has 0 heterocycles. The van der Waals surface area contributed by atoms with E-state index in [0.717, 1.165) is 17.9 Å². The van der Waals surface area contributed by atoms with Gasteiger partial charge in [0.25, 0.3) is 0 Å². The SMILES string of the molecule is CCCCCC(C)NCC1CCC(C)CC1. The summed E-state index contributed by atoms with van der Waals surface area (Å²) < 4.78 is 0. The topological polar surface area (TPSA) is 12.0 Å². The summed E-state index contributed by atoms with van der Waals surface area (Å²) in [6, 6.07) is 0.728. The van der Waals surface area contributed by atoms with E-state index in [-0.39, 0.29) is 0 Å². The second-order valence-corrected chi connectivity index (χ2v) is 5.93. The van der Waals surface area contributed by atoms with Gasteiger partial charge in [-0.05, 0) is 44.6 Å². The van der Waals surface area contributed by atoms with Gasteiger partial charge in [-0.25, -0.2) is 0 Å². The predicted molar refractivity (Wildman–Crippen MR) is 72.7 cm³/mol. The number of rotatable bonds is 7. The maximum atomic E-state index is 3.73. The first kappa shape index (κ1) is 14.0. The van der Waals surface area contributed by atoms with Crippen molar-refractivity contribution in [2.45, 2.75) is 78.2 Å². The van der Waals surface area contributed by atoms with Crippen molar-refractivity contribution in [3.8, 4) is 0 Å². The number of unbranched alkanes of at least 4 members (excludes halogenated alkanes) is 2. The quantitative estimate of drug-likeness (QED) is 0.634. The van der Waals surface area contributed by atoms with Gasteiger partial charge in [-0.1, -0.05) is 46.0 Å². The molecule has 0 radical (unpaired) electrons. The van der Waals surface area contributed by atoms with Crippen LogP contribution in [-0.2, 0) is 0 Å². The molecule has 1 aliphatic rings. The molecule has 1 saturated carbocycles. The highest BCUT2D eigenvalue weighted by molar-refractivity contribution is 4.73. The first-order valence-electron chi connectivity index (χ1n) is 7.45. The fourth-order valence-corrected chi connectivity index (χ4v) is 2.70. The van der Waals surface area contributed by atoms with E-state index in [9.17, 15) is 0 Å². The molecule has 1 N–H and O–H groups in total. The molecule has 16 heavy (non-hydrogen) atoms. The molecule has 1 nitrogen and oxygen atoms in total. The van der Waals surface area contributed by atoms with Crippen LogP contribution in [0.1, 0.15) is 72.1 Å². The highest BCUT2D eigenvalue weighted by Crippen LogP contribution is 2.27. The van der Waals surface area contributed by atoms with Crippen LogP contribution < -0.4 is 5.32 Å². The standard InChI is InChI=1S/C15H31N/c1-4-5-6-7-14(3)16-12-15-10-8-13(2)9-11-15/h13-16H,4-12H2,1-3H3. The summed E-state index contributed by atoms with van der Waals surface area (Å²) in [5, 5.41) is 3.73. The molecule has 1 heteroatoms. The molecule has 1 fully saturated rings. The first-order chi connectivity index (χ1) is 7.72. The van der Waals surface area contributed by atoms with Crippen LogP contribution in [0.25, 0.3) is 0 Å². The van der Waals surface area contributed by atoms with Gasteiger partial charge in [0.1, 0.15) is 0 Å². The minimum Gasteiger partial charge on any atom is -0.314 e. The smallest absolute Gasteiger partial charge is 0.00388 e. The molecule has 1 aliphatic carbocycles. The third kappa shape index (κ3) is 5.89. The third-order valence-electron chi connectivity index (χ3n) is 4.13. The van der Waals surface area contributed by atoms with Gasteiger partial charge in [-0.15, -0.1) is 0 Å². The molecule has 1 rings (SSSR count). The second-order valence-electron chi connectivity index (χ2n) is 5.93. The lowest BCUT2D eigenvalue weighted by molar-refractivity contribution is 0.273. The zero-order valence-electron chi connectivity index (χ0n) is 11.6. The van der Waals surface area contributed by atoms with Crippen LogP contribution in [0.2, 0.25) is 0 Å². The van der Waals surface area contributed by atoms with E-state index in [1.807, 2.05) is 0 Å². The molecule has 0 aromatic heterocycles. The van der Waals surface area contributed by atoms with Crippen LogP contribution in [0.4, 0.5) is 0 Å². The van der Waals surface area contributed by atoms with E-state index in [0.29, 0.717) is 0 Å². The molecule has 0 saturated heterocycles. The lowest BCUT2D eigenvalue weighted by atomic mass is 9.83. The van der Waals surface area contributed by atoms with Gasteiger partial charge in [-0.3, -0.25) is 0 Å². The molecular weight excluding hydrogens is 194 g/mol. The lowest BCUT2D eigenvalue weighted by Gasteiger charge is -2.27. The Labute approximate surface area is 102 Å². The molecule has 0 amide bonds. The highest BCUT2D eigenvalue weighted by atomic mass is 14.9. The molecule has 0 aromatic carbocycles. The van der Waals surface area contributed by atoms with Crippen molar-refractivity contribution >= 4 is 0 Å². The molecule has 0 aliphatic heterocycles. The fraction of sp³-hybridized carbons (Fsp3) is 1.00. The largest absolute Gasteiger partial charge is 0.314 e. The summed E-state index contributed by atoms with van der Waals surface area (Å²) in [6.45, 7) is 8.29. The van der Waals surface area contributed by atoms with Gasteiger partial charge < -0.3 is 5.32 Å². The van der Waals surface area contributed by atoms with Crippen molar-refractivity contribution in [2.75, 3.05) is 6.54 Å². The van der Waals surface area contributed by atoms with Crippen molar-refractivity contribution in [3.63, 3.8) is 0 Å². The van der Waals surface area contributed by atoms with Crippen molar-refractivity contribution < 1.29 is 0 Å². The normalized spacial score (nSPS) is 27.9.